The Morgan fingerprint density at radius 1 is 1.00 bits per heavy atom. The minimum atomic E-state index is -0.214. The van der Waals surface area contributed by atoms with Gasteiger partial charge in [0.15, 0.2) is 0 Å². The van der Waals surface area contributed by atoms with Gasteiger partial charge in [-0.15, -0.1) is 0 Å². The van der Waals surface area contributed by atoms with E-state index in [1.165, 1.54) is 9.25 Å². The Balaban J connectivity index is 1.63. The van der Waals surface area contributed by atoms with Gasteiger partial charge in [-0.1, -0.05) is 17.8 Å². The molecule has 0 atom stereocenters. The van der Waals surface area contributed by atoms with E-state index in [1.807, 2.05) is 42.5 Å². The zero-order valence-electron chi connectivity index (χ0n) is 16.0. The lowest BCUT2D eigenvalue weighted by Crippen LogP contribution is -2.28. The Morgan fingerprint density at radius 3 is 2.52 bits per heavy atom. The van der Waals surface area contributed by atoms with Crippen LogP contribution in [0.2, 0.25) is 0 Å². The first-order valence-corrected chi connectivity index (χ1v) is 9.83. The van der Waals surface area contributed by atoms with Crippen LogP contribution >= 0.6 is 11.8 Å². The van der Waals surface area contributed by atoms with E-state index < -0.39 is 0 Å². The number of pyridine rings is 1. The molecular weight excluding hydrogens is 386 g/mol. The van der Waals surface area contributed by atoms with Gasteiger partial charge >= 0.3 is 0 Å². The number of ether oxygens (including phenoxy) is 1. The first kappa shape index (κ1) is 19.0. The summed E-state index contributed by atoms with van der Waals surface area (Å²) in [5.41, 5.74) is 0.178. The van der Waals surface area contributed by atoms with Crippen molar-refractivity contribution in [3.8, 4) is 5.75 Å². The SMILES string of the molecule is COc1ccc(Sc2ccc3c(=O)n(Cc4cccn(C)c4=O)ncc3c2)cc1. The standard InChI is InChI=1S/C22H19N3O3S/c1-24-11-3-4-15(21(24)26)14-25-22(27)20-10-9-19(12-16(20)13-23-25)29-18-7-5-17(28-2)6-8-18/h3-13H,14H2,1-2H3. The zero-order chi connectivity index (χ0) is 20.4. The largest absolute Gasteiger partial charge is 0.497 e. The Labute approximate surface area is 171 Å². The lowest BCUT2D eigenvalue weighted by atomic mass is 10.2. The molecule has 4 rings (SSSR count). The van der Waals surface area contributed by atoms with E-state index in [0.717, 1.165) is 20.9 Å². The number of nitrogens with zero attached hydrogens (tertiary/aromatic N) is 3. The summed E-state index contributed by atoms with van der Waals surface area (Å²) < 4.78 is 8.00. The van der Waals surface area contributed by atoms with E-state index in [4.69, 9.17) is 4.74 Å². The van der Waals surface area contributed by atoms with Crippen molar-refractivity contribution in [3.05, 3.63) is 93.3 Å². The molecule has 0 spiro atoms. The van der Waals surface area contributed by atoms with Crippen molar-refractivity contribution in [3.63, 3.8) is 0 Å². The van der Waals surface area contributed by atoms with Crippen molar-refractivity contribution < 1.29 is 4.74 Å². The van der Waals surface area contributed by atoms with Crippen LogP contribution in [0.3, 0.4) is 0 Å². The summed E-state index contributed by atoms with van der Waals surface area (Å²) in [6.07, 6.45) is 3.35. The van der Waals surface area contributed by atoms with E-state index in [0.29, 0.717) is 10.9 Å². The molecule has 0 aliphatic carbocycles. The number of hydrogen-bond acceptors (Lipinski definition) is 5. The van der Waals surface area contributed by atoms with Crippen molar-refractivity contribution in [2.45, 2.75) is 16.3 Å². The van der Waals surface area contributed by atoms with Crippen LogP contribution in [-0.4, -0.2) is 21.5 Å². The van der Waals surface area contributed by atoms with Crippen LogP contribution in [0.5, 0.6) is 5.75 Å². The molecule has 0 unspecified atom stereocenters. The fraction of sp³-hybridized carbons (Fsp3) is 0.136. The van der Waals surface area contributed by atoms with Crippen molar-refractivity contribution >= 4 is 22.5 Å². The number of aryl methyl sites for hydroxylation is 1. The van der Waals surface area contributed by atoms with Crippen LogP contribution in [0.1, 0.15) is 5.56 Å². The summed E-state index contributed by atoms with van der Waals surface area (Å²) in [6.45, 7) is 0.143. The molecular formula is C22H19N3O3S. The summed E-state index contributed by atoms with van der Waals surface area (Å²) in [5.74, 6) is 0.811. The topological polar surface area (TPSA) is 66.1 Å². The molecule has 0 N–H and O–H groups in total. The molecule has 2 heterocycles. The van der Waals surface area contributed by atoms with Crippen LogP contribution in [-0.2, 0) is 13.6 Å². The van der Waals surface area contributed by atoms with Gasteiger partial charge in [-0.3, -0.25) is 9.59 Å². The van der Waals surface area contributed by atoms with Gasteiger partial charge in [0.1, 0.15) is 5.75 Å². The number of aromatic nitrogens is 3. The summed E-state index contributed by atoms with van der Waals surface area (Å²) in [6, 6.07) is 17.0. The van der Waals surface area contributed by atoms with Crippen LogP contribution in [0.4, 0.5) is 0 Å². The first-order chi connectivity index (χ1) is 14.0. The van der Waals surface area contributed by atoms with E-state index in [1.54, 1.807) is 50.4 Å². The molecule has 0 amide bonds. The van der Waals surface area contributed by atoms with Gasteiger partial charge in [-0.05, 0) is 48.5 Å². The van der Waals surface area contributed by atoms with Crippen LogP contribution in [0.15, 0.2) is 86.4 Å². The molecule has 6 nitrogen and oxygen atoms in total. The molecule has 29 heavy (non-hydrogen) atoms. The number of methoxy groups -OCH3 is 1. The van der Waals surface area contributed by atoms with E-state index in [-0.39, 0.29) is 17.7 Å². The third kappa shape index (κ3) is 3.95. The summed E-state index contributed by atoms with van der Waals surface area (Å²) in [4.78, 5) is 27.1. The zero-order valence-corrected chi connectivity index (χ0v) is 16.8. The van der Waals surface area contributed by atoms with E-state index in [9.17, 15) is 9.59 Å². The molecule has 4 aromatic rings. The van der Waals surface area contributed by atoms with E-state index >= 15 is 0 Å². The lowest BCUT2D eigenvalue weighted by Gasteiger charge is -2.08. The quantitative estimate of drug-likeness (QED) is 0.510. The summed E-state index contributed by atoms with van der Waals surface area (Å²) in [5, 5.41) is 5.62. The predicted molar refractivity (Wildman–Crippen MR) is 114 cm³/mol. The smallest absolute Gasteiger partial charge is 0.274 e. The van der Waals surface area contributed by atoms with Crippen LogP contribution in [0.25, 0.3) is 10.8 Å². The Hall–Kier alpha value is -3.32. The fourth-order valence-electron chi connectivity index (χ4n) is 3.06. The first-order valence-electron chi connectivity index (χ1n) is 9.01. The lowest BCUT2D eigenvalue weighted by molar-refractivity contribution is 0.414. The maximum atomic E-state index is 12.8. The number of fused-ring (bicyclic) bond motifs is 1. The number of hydrogen-bond donors (Lipinski definition) is 0. The summed E-state index contributed by atoms with van der Waals surface area (Å²) >= 11 is 1.60. The maximum absolute atomic E-state index is 12.8. The second-order valence-corrected chi connectivity index (χ2v) is 7.73. The van der Waals surface area contributed by atoms with Crippen molar-refractivity contribution in [2.75, 3.05) is 7.11 Å². The molecule has 7 heteroatoms. The van der Waals surface area contributed by atoms with Gasteiger partial charge in [-0.2, -0.15) is 5.10 Å². The van der Waals surface area contributed by atoms with Crippen LogP contribution in [0, 0.1) is 0 Å². The second kappa shape index (κ2) is 7.97. The predicted octanol–water partition coefficient (Wildman–Crippen LogP) is 3.30. The molecule has 0 saturated carbocycles. The molecule has 2 aromatic heterocycles. The molecule has 0 bridgehead atoms. The molecule has 0 fully saturated rings. The fourth-order valence-corrected chi connectivity index (χ4v) is 3.92. The van der Waals surface area contributed by atoms with Crippen LogP contribution < -0.4 is 15.9 Å². The highest BCUT2D eigenvalue weighted by atomic mass is 32.2. The van der Waals surface area contributed by atoms with Gasteiger partial charge in [0, 0.05) is 34.0 Å². The molecule has 2 aromatic carbocycles. The molecule has 0 aliphatic heterocycles. The third-order valence-corrected chi connectivity index (χ3v) is 5.64. The van der Waals surface area contributed by atoms with Crippen molar-refractivity contribution in [2.24, 2.45) is 7.05 Å². The van der Waals surface area contributed by atoms with Gasteiger partial charge in [0.25, 0.3) is 11.1 Å². The molecule has 146 valence electrons. The van der Waals surface area contributed by atoms with Crippen molar-refractivity contribution in [1.29, 1.82) is 0 Å². The average Bonchev–Trinajstić information content (AvgIpc) is 2.74. The minimum Gasteiger partial charge on any atom is -0.497 e. The monoisotopic (exact) mass is 405 g/mol. The highest BCUT2D eigenvalue weighted by Crippen LogP contribution is 2.30. The van der Waals surface area contributed by atoms with Gasteiger partial charge < -0.3 is 9.30 Å². The molecule has 0 aliphatic rings. The maximum Gasteiger partial charge on any atom is 0.274 e. The highest BCUT2D eigenvalue weighted by molar-refractivity contribution is 7.99. The van der Waals surface area contributed by atoms with E-state index in [2.05, 4.69) is 5.10 Å². The van der Waals surface area contributed by atoms with Gasteiger partial charge in [0.2, 0.25) is 0 Å². The number of rotatable bonds is 5. The van der Waals surface area contributed by atoms with Crippen molar-refractivity contribution in [1.82, 2.24) is 14.3 Å². The minimum absolute atomic E-state index is 0.132. The molecule has 0 saturated heterocycles. The second-order valence-electron chi connectivity index (χ2n) is 6.58. The summed E-state index contributed by atoms with van der Waals surface area (Å²) in [7, 11) is 3.32. The third-order valence-electron chi connectivity index (χ3n) is 4.64. The Kier molecular flexibility index (Phi) is 5.22. The highest BCUT2D eigenvalue weighted by Gasteiger charge is 2.09. The number of benzene rings is 2. The molecule has 0 radical (unpaired) electrons. The van der Waals surface area contributed by atoms with Gasteiger partial charge in [0.05, 0.1) is 25.2 Å². The average molecular weight is 405 g/mol. The Bertz CT molecular complexity index is 1290. The normalized spacial score (nSPS) is 11.0. The van der Waals surface area contributed by atoms with Gasteiger partial charge in [-0.25, -0.2) is 4.68 Å². The Morgan fingerprint density at radius 2 is 1.76 bits per heavy atom.